The van der Waals surface area contributed by atoms with Gasteiger partial charge in [0.1, 0.15) is 0 Å². The first kappa shape index (κ1) is 24.2. The Morgan fingerprint density at radius 3 is 2.15 bits per heavy atom. The van der Waals surface area contributed by atoms with Crippen molar-refractivity contribution >= 4 is 38.9 Å². The van der Waals surface area contributed by atoms with Gasteiger partial charge >= 0.3 is 0 Å². The van der Waals surface area contributed by atoms with Gasteiger partial charge in [0.15, 0.2) is 0 Å². The average molecular weight is 485 g/mol. The van der Waals surface area contributed by atoms with E-state index in [2.05, 4.69) is 10.2 Å². The fourth-order valence-corrected chi connectivity index (χ4v) is 6.08. The van der Waals surface area contributed by atoms with Crippen LogP contribution in [0.15, 0.2) is 53.4 Å². The molecular formula is C25H32N4O4S. The molecule has 0 spiro atoms. The Kier molecular flexibility index (Phi) is 7.23. The predicted molar refractivity (Wildman–Crippen MR) is 134 cm³/mol. The Morgan fingerprint density at radius 2 is 1.56 bits per heavy atom. The van der Waals surface area contributed by atoms with Crippen molar-refractivity contribution in [1.29, 1.82) is 0 Å². The molecule has 182 valence electrons. The van der Waals surface area contributed by atoms with Crippen LogP contribution in [0.5, 0.6) is 0 Å². The monoisotopic (exact) mass is 484 g/mol. The van der Waals surface area contributed by atoms with Crippen molar-refractivity contribution in [2.45, 2.75) is 38.0 Å². The number of rotatable bonds is 8. The molecule has 2 aliphatic rings. The van der Waals surface area contributed by atoms with Gasteiger partial charge in [-0.3, -0.25) is 9.59 Å². The van der Waals surface area contributed by atoms with Crippen molar-refractivity contribution in [2.75, 3.05) is 47.8 Å². The zero-order valence-corrected chi connectivity index (χ0v) is 20.6. The molecule has 0 aromatic heterocycles. The summed E-state index contributed by atoms with van der Waals surface area (Å²) in [6.07, 6.45) is 2.56. The zero-order valence-electron chi connectivity index (χ0n) is 19.7. The number of carbonyl (C=O) groups is 2. The molecular weight excluding hydrogens is 452 g/mol. The minimum absolute atomic E-state index is 0.0743. The number of hydrogen-bond donors (Lipinski definition) is 1. The first-order valence-electron chi connectivity index (χ1n) is 11.9. The fourth-order valence-electron chi connectivity index (χ4n) is 4.62. The number of sulfonamides is 1. The fraction of sp³-hybridized carbons (Fsp3) is 0.440. The van der Waals surface area contributed by atoms with Crippen molar-refractivity contribution < 1.29 is 18.0 Å². The van der Waals surface area contributed by atoms with Crippen molar-refractivity contribution in [3.05, 3.63) is 48.5 Å². The Balaban J connectivity index is 1.38. The molecule has 2 aromatic carbocycles. The van der Waals surface area contributed by atoms with Gasteiger partial charge < -0.3 is 15.1 Å². The van der Waals surface area contributed by atoms with Crippen LogP contribution in [-0.2, 0) is 19.6 Å². The first-order chi connectivity index (χ1) is 16.3. The van der Waals surface area contributed by atoms with Crippen molar-refractivity contribution in [1.82, 2.24) is 4.31 Å². The summed E-state index contributed by atoms with van der Waals surface area (Å²) in [6, 6.07) is 14.1. The molecule has 2 aliphatic heterocycles. The summed E-state index contributed by atoms with van der Waals surface area (Å²) in [5.41, 5.74) is 2.47. The van der Waals surface area contributed by atoms with Gasteiger partial charge in [-0.1, -0.05) is 13.8 Å². The van der Waals surface area contributed by atoms with Gasteiger partial charge in [0.2, 0.25) is 21.8 Å². The van der Waals surface area contributed by atoms with E-state index < -0.39 is 15.9 Å². The Labute approximate surface area is 201 Å². The number of hydrogen-bond acceptors (Lipinski definition) is 5. The molecule has 4 rings (SSSR count). The van der Waals surface area contributed by atoms with Gasteiger partial charge in [-0.2, -0.15) is 4.31 Å². The summed E-state index contributed by atoms with van der Waals surface area (Å²) in [6.45, 7) is 6.82. The molecule has 0 bridgehead atoms. The van der Waals surface area contributed by atoms with E-state index in [1.54, 1.807) is 30.9 Å². The third-order valence-electron chi connectivity index (χ3n) is 6.59. The molecule has 1 unspecified atom stereocenters. The van der Waals surface area contributed by atoms with E-state index in [1.807, 2.05) is 24.3 Å². The number of anilines is 3. The molecule has 2 fully saturated rings. The maximum Gasteiger partial charge on any atom is 0.243 e. The Hall–Kier alpha value is -2.91. The average Bonchev–Trinajstić information content (AvgIpc) is 3.50. The van der Waals surface area contributed by atoms with Gasteiger partial charge in [0.05, 0.1) is 10.8 Å². The van der Waals surface area contributed by atoms with Crippen LogP contribution in [0.4, 0.5) is 17.1 Å². The number of amides is 2. The van der Waals surface area contributed by atoms with Crippen molar-refractivity contribution in [3.63, 3.8) is 0 Å². The molecule has 0 saturated carbocycles. The van der Waals surface area contributed by atoms with Crippen LogP contribution in [0, 0.1) is 5.92 Å². The third-order valence-corrected chi connectivity index (χ3v) is 8.66. The molecule has 1 atom stereocenters. The lowest BCUT2D eigenvalue weighted by Crippen LogP contribution is -2.30. The summed E-state index contributed by atoms with van der Waals surface area (Å²) < 4.78 is 26.7. The maximum atomic E-state index is 12.8. The van der Waals surface area contributed by atoms with Crippen LogP contribution in [-0.4, -0.2) is 57.3 Å². The van der Waals surface area contributed by atoms with Gasteiger partial charge in [-0.25, -0.2) is 8.42 Å². The molecule has 34 heavy (non-hydrogen) atoms. The molecule has 9 heteroatoms. The first-order valence-corrected chi connectivity index (χ1v) is 13.3. The van der Waals surface area contributed by atoms with Gasteiger partial charge in [0.25, 0.3) is 0 Å². The molecule has 2 heterocycles. The van der Waals surface area contributed by atoms with E-state index in [-0.39, 0.29) is 23.1 Å². The van der Waals surface area contributed by atoms with Crippen LogP contribution < -0.4 is 15.1 Å². The summed E-state index contributed by atoms with van der Waals surface area (Å²) in [7, 11) is -3.55. The summed E-state index contributed by atoms with van der Waals surface area (Å²) in [4.78, 5) is 29.6. The molecule has 2 amide bonds. The number of benzene rings is 2. The van der Waals surface area contributed by atoms with Crippen LogP contribution in [0.3, 0.4) is 0 Å². The molecule has 1 N–H and O–H groups in total. The second-order valence-corrected chi connectivity index (χ2v) is 10.7. The van der Waals surface area contributed by atoms with E-state index >= 15 is 0 Å². The summed E-state index contributed by atoms with van der Waals surface area (Å²) >= 11 is 0. The lowest BCUT2D eigenvalue weighted by atomic mass is 10.1. The highest BCUT2D eigenvalue weighted by Gasteiger charge is 2.35. The normalized spacial score (nSPS) is 18.7. The van der Waals surface area contributed by atoms with Crippen molar-refractivity contribution in [2.24, 2.45) is 5.92 Å². The highest BCUT2D eigenvalue weighted by molar-refractivity contribution is 7.89. The quantitative estimate of drug-likeness (QED) is 0.621. The third kappa shape index (κ3) is 4.95. The van der Waals surface area contributed by atoms with Crippen LogP contribution in [0.2, 0.25) is 0 Å². The Bertz CT molecular complexity index is 1120. The maximum absolute atomic E-state index is 12.8. The number of nitrogens with one attached hydrogen (secondary N) is 1. The second kappa shape index (κ2) is 10.1. The van der Waals surface area contributed by atoms with Gasteiger partial charge in [-0.05, 0) is 61.4 Å². The predicted octanol–water partition coefficient (Wildman–Crippen LogP) is 3.31. The summed E-state index contributed by atoms with van der Waals surface area (Å²) in [5, 5.41) is 2.83. The largest absolute Gasteiger partial charge is 0.372 e. The van der Waals surface area contributed by atoms with E-state index in [1.165, 1.54) is 29.3 Å². The lowest BCUT2D eigenvalue weighted by molar-refractivity contribution is -0.122. The van der Waals surface area contributed by atoms with E-state index in [0.717, 1.165) is 24.5 Å². The van der Waals surface area contributed by atoms with Crippen LogP contribution in [0.1, 0.15) is 33.1 Å². The lowest BCUT2D eigenvalue weighted by Gasteiger charge is -2.21. The Morgan fingerprint density at radius 1 is 0.971 bits per heavy atom. The number of carbonyl (C=O) groups excluding carboxylic acids is 2. The van der Waals surface area contributed by atoms with Crippen molar-refractivity contribution in [3.8, 4) is 0 Å². The minimum atomic E-state index is -3.55. The topological polar surface area (TPSA) is 90.0 Å². The molecule has 2 aromatic rings. The SMILES string of the molecule is CCN(CC)S(=O)(=O)c1ccc(NC(=O)C2CC(=O)N(c3ccc(N4CCCC4)cc3)C2)cc1. The number of nitrogens with zero attached hydrogens (tertiary/aromatic N) is 3. The van der Waals surface area contributed by atoms with Crippen LogP contribution >= 0.6 is 0 Å². The zero-order chi connectivity index (χ0) is 24.3. The van der Waals surface area contributed by atoms with Gasteiger partial charge in [-0.15, -0.1) is 0 Å². The smallest absolute Gasteiger partial charge is 0.243 e. The summed E-state index contributed by atoms with van der Waals surface area (Å²) in [5.74, 6) is -0.788. The highest BCUT2D eigenvalue weighted by Crippen LogP contribution is 2.29. The molecule has 2 saturated heterocycles. The van der Waals surface area contributed by atoms with E-state index in [4.69, 9.17) is 0 Å². The second-order valence-electron chi connectivity index (χ2n) is 8.72. The molecule has 0 aliphatic carbocycles. The standard InChI is InChI=1S/C25H32N4O4S/c1-3-28(4-2)34(32,33)23-13-7-20(8-14-23)26-25(31)19-17-24(30)29(18-19)22-11-9-21(10-12-22)27-15-5-6-16-27/h7-14,19H,3-6,15-18H2,1-2H3,(H,26,31). The molecule has 0 radical (unpaired) electrons. The minimum Gasteiger partial charge on any atom is -0.372 e. The van der Waals surface area contributed by atoms with E-state index in [9.17, 15) is 18.0 Å². The molecule has 8 nitrogen and oxygen atoms in total. The van der Waals surface area contributed by atoms with Gasteiger partial charge in [0, 0.05) is 56.2 Å². The van der Waals surface area contributed by atoms with Crippen LogP contribution in [0.25, 0.3) is 0 Å². The highest BCUT2D eigenvalue weighted by atomic mass is 32.2. The van der Waals surface area contributed by atoms with E-state index in [0.29, 0.717) is 25.3 Å².